The van der Waals surface area contributed by atoms with E-state index in [0.717, 1.165) is 28.5 Å². The van der Waals surface area contributed by atoms with E-state index in [1.54, 1.807) is 18.8 Å². The van der Waals surface area contributed by atoms with Crippen molar-refractivity contribution in [2.24, 2.45) is 0 Å². The maximum atomic E-state index is 12.1. The van der Waals surface area contributed by atoms with Crippen molar-refractivity contribution in [2.45, 2.75) is 33.6 Å². The van der Waals surface area contributed by atoms with Gasteiger partial charge in [0, 0.05) is 30.0 Å². The molecular formula is C20H23N5O2S. The lowest BCUT2D eigenvalue weighted by molar-refractivity contribution is -0.116. The number of anilines is 1. The number of nitrogens with zero attached hydrogens (tertiary/aromatic N) is 3. The smallest absolute Gasteiger partial charge is 0.263 e. The van der Waals surface area contributed by atoms with Crippen molar-refractivity contribution in [3.8, 4) is 5.69 Å². The molecule has 1 aromatic carbocycles. The normalized spacial score (nSPS) is 10.7. The molecule has 0 aliphatic carbocycles. The number of benzene rings is 1. The van der Waals surface area contributed by atoms with Crippen LogP contribution in [0.2, 0.25) is 0 Å². The van der Waals surface area contributed by atoms with E-state index in [1.807, 2.05) is 42.7 Å². The van der Waals surface area contributed by atoms with Crippen molar-refractivity contribution in [1.82, 2.24) is 19.9 Å². The Morgan fingerprint density at radius 2 is 1.82 bits per heavy atom. The third-order valence-electron chi connectivity index (χ3n) is 4.50. The highest BCUT2D eigenvalue weighted by Crippen LogP contribution is 2.17. The lowest BCUT2D eigenvalue weighted by Crippen LogP contribution is -2.25. The van der Waals surface area contributed by atoms with Crippen molar-refractivity contribution < 1.29 is 9.59 Å². The molecule has 0 aliphatic heterocycles. The zero-order valence-corrected chi connectivity index (χ0v) is 17.0. The highest BCUT2D eigenvalue weighted by Gasteiger charge is 2.11. The van der Waals surface area contributed by atoms with Crippen LogP contribution >= 0.6 is 11.3 Å². The fourth-order valence-corrected chi connectivity index (χ4v) is 3.46. The number of hydrogen-bond acceptors (Lipinski definition) is 5. The van der Waals surface area contributed by atoms with Gasteiger partial charge in [0.05, 0.1) is 23.2 Å². The van der Waals surface area contributed by atoms with E-state index < -0.39 is 0 Å². The number of rotatable bonds is 7. The van der Waals surface area contributed by atoms with E-state index in [0.29, 0.717) is 24.3 Å². The minimum atomic E-state index is -0.138. The van der Waals surface area contributed by atoms with Crippen LogP contribution in [0.15, 0.2) is 36.1 Å². The van der Waals surface area contributed by atoms with Crippen LogP contribution in [-0.2, 0) is 4.79 Å². The Morgan fingerprint density at radius 1 is 1.07 bits per heavy atom. The zero-order valence-electron chi connectivity index (χ0n) is 16.2. The van der Waals surface area contributed by atoms with Gasteiger partial charge in [-0.3, -0.25) is 9.59 Å². The molecule has 8 heteroatoms. The summed E-state index contributed by atoms with van der Waals surface area (Å²) in [5, 5.41) is 5.70. The van der Waals surface area contributed by atoms with Gasteiger partial charge in [-0.05, 0) is 51.5 Å². The van der Waals surface area contributed by atoms with E-state index in [9.17, 15) is 9.59 Å². The zero-order chi connectivity index (χ0) is 20.1. The number of imidazole rings is 1. The summed E-state index contributed by atoms with van der Waals surface area (Å²) in [5.74, 6) is -0.216. The van der Waals surface area contributed by atoms with Gasteiger partial charge in [0.2, 0.25) is 5.91 Å². The minimum absolute atomic E-state index is 0.0781. The number of nitrogens with one attached hydrogen (secondary N) is 2. The molecule has 2 heterocycles. The van der Waals surface area contributed by atoms with Crippen molar-refractivity contribution in [1.29, 1.82) is 0 Å². The van der Waals surface area contributed by atoms with E-state index >= 15 is 0 Å². The van der Waals surface area contributed by atoms with E-state index in [4.69, 9.17) is 0 Å². The Labute approximate surface area is 167 Å². The number of hydrogen-bond donors (Lipinski definition) is 2. The van der Waals surface area contributed by atoms with E-state index in [-0.39, 0.29) is 11.8 Å². The monoisotopic (exact) mass is 397 g/mol. The molecule has 0 bridgehead atoms. The largest absolute Gasteiger partial charge is 0.351 e. The summed E-state index contributed by atoms with van der Waals surface area (Å²) in [7, 11) is 0. The van der Waals surface area contributed by atoms with Gasteiger partial charge in [0.15, 0.2) is 0 Å². The third-order valence-corrected chi connectivity index (χ3v) is 5.43. The third kappa shape index (κ3) is 4.64. The van der Waals surface area contributed by atoms with Gasteiger partial charge in [-0.1, -0.05) is 0 Å². The summed E-state index contributed by atoms with van der Waals surface area (Å²) in [5.41, 5.74) is 6.20. The number of thiazole rings is 1. The molecule has 3 aromatic rings. The summed E-state index contributed by atoms with van der Waals surface area (Å²) in [6.45, 7) is 6.25. The highest BCUT2D eigenvalue weighted by molar-refractivity contribution is 7.11. The molecule has 2 N–H and O–H groups in total. The second kappa shape index (κ2) is 8.79. The van der Waals surface area contributed by atoms with Gasteiger partial charge in [0.25, 0.3) is 5.91 Å². The number of carbonyl (C=O) groups is 2. The molecule has 28 heavy (non-hydrogen) atoms. The quantitative estimate of drug-likeness (QED) is 0.598. The average Bonchev–Trinajstić information content (AvgIpc) is 3.25. The molecule has 2 amide bonds. The van der Waals surface area contributed by atoms with Crippen molar-refractivity contribution in [2.75, 3.05) is 11.9 Å². The summed E-state index contributed by atoms with van der Waals surface area (Å²) in [6, 6.07) is 7.63. The van der Waals surface area contributed by atoms with Crippen LogP contribution in [0.5, 0.6) is 0 Å². The average molecular weight is 398 g/mol. The van der Waals surface area contributed by atoms with E-state index in [2.05, 4.69) is 20.6 Å². The molecule has 3 rings (SSSR count). The molecule has 0 spiro atoms. The first kappa shape index (κ1) is 19.8. The molecule has 0 saturated heterocycles. The fourth-order valence-electron chi connectivity index (χ4n) is 2.74. The Morgan fingerprint density at radius 3 is 2.43 bits per heavy atom. The molecule has 0 saturated carbocycles. The molecule has 2 aromatic heterocycles. The molecule has 146 valence electrons. The van der Waals surface area contributed by atoms with Crippen LogP contribution in [0, 0.1) is 20.8 Å². The van der Waals surface area contributed by atoms with Crippen molar-refractivity contribution >= 4 is 28.8 Å². The first-order valence-electron chi connectivity index (χ1n) is 9.05. The first-order valence-corrected chi connectivity index (χ1v) is 9.93. The molecule has 0 fully saturated rings. The maximum Gasteiger partial charge on any atom is 0.263 e. The number of aryl methyl sites for hydroxylation is 2. The molecule has 0 atom stereocenters. The Hall–Kier alpha value is -3.00. The maximum absolute atomic E-state index is 12.1. The standard InChI is InChI=1S/C20H23N5O2S/c1-13-15(3)25(11-22-13)17-8-6-16(7-9-17)24-18(26)5-4-10-21-20(27)19-14(2)23-12-28-19/h6-9,11-12H,4-5,10H2,1-3H3,(H,21,27)(H,24,26). The fraction of sp³-hybridized carbons (Fsp3) is 0.300. The molecule has 0 radical (unpaired) electrons. The van der Waals surface area contributed by atoms with Gasteiger partial charge in [-0.25, -0.2) is 9.97 Å². The summed E-state index contributed by atoms with van der Waals surface area (Å²) >= 11 is 1.32. The van der Waals surface area contributed by atoms with Crippen molar-refractivity contribution in [3.63, 3.8) is 0 Å². The second-order valence-electron chi connectivity index (χ2n) is 6.51. The molecular weight excluding hydrogens is 374 g/mol. The summed E-state index contributed by atoms with van der Waals surface area (Å²) < 4.78 is 2.01. The lowest BCUT2D eigenvalue weighted by atomic mass is 10.2. The van der Waals surface area contributed by atoms with Crippen LogP contribution in [0.3, 0.4) is 0 Å². The number of amides is 2. The number of aromatic nitrogens is 3. The van der Waals surface area contributed by atoms with Gasteiger partial charge in [0.1, 0.15) is 4.88 Å². The molecule has 0 unspecified atom stereocenters. The SMILES string of the molecule is Cc1ncsc1C(=O)NCCCC(=O)Nc1ccc(-n2cnc(C)c2C)cc1. The van der Waals surface area contributed by atoms with Crippen LogP contribution in [-0.4, -0.2) is 32.9 Å². The van der Waals surface area contributed by atoms with Gasteiger partial charge >= 0.3 is 0 Å². The first-order chi connectivity index (χ1) is 13.5. The topological polar surface area (TPSA) is 88.9 Å². The van der Waals surface area contributed by atoms with Crippen LogP contribution in [0.4, 0.5) is 5.69 Å². The Bertz CT molecular complexity index is 975. The highest BCUT2D eigenvalue weighted by atomic mass is 32.1. The predicted octanol–water partition coefficient (Wildman–Crippen LogP) is 3.40. The van der Waals surface area contributed by atoms with E-state index in [1.165, 1.54) is 11.3 Å². The summed E-state index contributed by atoms with van der Waals surface area (Å²) in [4.78, 5) is 33.1. The van der Waals surface area contributed by atoms with Crippen molar-refractivity contribution in [3.05, 3.63) is 58.1 Å². The molecule has 7 nitrogen and oxygen atoms in total. The minimum Gasteiger partial charge on any atom is -0.351 e. The van der Waals surface area contributed by atoms with Crippen LogP contribution in [0.25, 0.3) is 5.69 Å². The Kier molecular flexibility index (Phi) is 6.20. The second-order valence-corrected chi connectivity index (χ2v) is 7.36. The summed E-state index contributed by atoms with van der Waals surface area (Å²) in [6.07, 6.45) is 2.70. The van der Waals surface area contributed by atoms with Gasteiger partial charge in [-0.15, -0.1) is 11.3 Å². The van der Waals surface area contributed by atoms with Crippen LogP contribution < -0.4 is 10.6 Å². The van der Waals surface area contributed by atoms with Gasteiger partial charge in [-0.2, -0.15) is 0 Å². The molecule has 0 aliphatic rings. The van der Waals surface area contributed by atoms with Crippen LogP contribution in [0.1, 0.15) is 39.6 Å². The lowest BCUT2D eigenvalue weighted by Gasteiger charge is -2.09. The number of carbonyl (C=O) groups excluding carboxylic acids is 2. The van der Waals surface area contributed by atoms with Gasteiger partial charge < -0.3 is 15.2 Å². The predicted molar refractivity (Wildman–Crippen MR) is 110 cm³/mol. The Balaban J connectivity index is 1.44.